The summed E-state index contributed by atoms with van der Waals surface area (Å²) in [5.74, 6) is -0.443. The topological polar surface area (TPSA) is 164 Å². The Morgan fingerprint density at radius 2 is 1.78 bits per heavy atom. The molecule has 1 aromatic heterocycles. The lowest BCUT2D eigenvalue weighted by Crippen LogP contribution is -2.57. The van der Waals surface area contributed by atoms with Crippen molar-refractivity contribution in [2.24, 2.45) is 17.1 Å². The van der Waals surface area contributed by atoms with Gasteiger partial charge in [-0.1, -0.05) is 70.0 Å². The lowest BCUT2D eigenvalue weighted by molar-refractivity contribution is -0.144. The quantitative estimate of drug-likeness (QED) is 0.107. The number of unbranched alkanes of at least 4 members (excludes halogenated alkanes) is 2. The minimum atomic E-state index is -0.880. The summed E-state index contributed by atoms with van der Waals surface area (Å²) in [6.07, 6.45) is 3.52. The Hall–Kier alpha value is -4.00. The summed E-state index contributed by atoms with van der Waals surface area (Å²) in [4.78, 5) is 58.7. The molecule has 2 aromatic carbocycles. The zero-order valence-corrected chi connectivity index (χ0v) is 33.9. The molecule has 0 saturated carbocycles. The molecule has 1 fully saturated rings. The number of aryl methyl sites for hydroxylation is 2. The van der Waals surface area contributed by atoms with Gasteiger partial charge in [-0.15, -0.1) is 11.3 Å². The molecule has 0 unspecified atom stereocenters. The fourth-order valence-electron chi connectivity index (χ4n) is 6.60. The predicted octanol–water partition coefficient (Wildman–Crippen LogP) is 6.53. The second-order valence-corrected chi connectivity index (χ2v) is 16.9. The van der Waals surface area contributed by atoms with Crippen LogP contribution in [0.5, 0.6) is 5.75 Å². The number of nitrogens with two attached hydrogens (primary N) is 1. The van der Waals surface area contributed by atoms with E-state index in [0.29, 0.717) is 36.6 Å². The van der Waals surface area contributed by atoms with Gasteiger partial charge in [0.15, 0.2) is 0 Å². The van der Waals surface area contributed by atoms with E-state index in [1.54, 1.807) is 17.4 Å². The van der Waals surface area contributed by atoms with Gasteiger partial charge in [0.05, 0.1) is 34.8 Å². The first-order valence-electron chi connectivity index (χ1n) is 18.8. The van der Waals surface area contributed by atoms with Crippen molar-refractivity contribution in [2.75, 3.05) is 13.2 Å². The molecule has 5 atom stereocenters. The Balaban J connectivity index is 1.27. The third-order valence-electron chi connectivity index (χ3n) is 9.78. The van der Waals surface area contributed by atoms with Crippen molar-refractivity contribution < 1.29 is 29.0 Å². The van der Waals surface area contributed by atoms with E-state index in [9.17, 15) is 24.3 Å². The number of benzene rings is 2. The number of likely N-dealkylation sites (tertiary alicyclic amines) is 1. The maximum Gasteiger partial charge on any atom is 0.246 e. The number of hydrogen-bond acceptors (Lipinski definition) is 8. The Labute approximate surface area is 328 Å². The van der Waals surface area contributed by atoms with Crippen LogP contribution in [0.15, 0.2) is 48.0 Å². The Kier molecular flexibility index (Phi) is 15.5. The second-order valence-electron chi connectivity index (χ2n) is 15.7. The van der Waals surface area contributed by atoms with E-state index in [4.69, 9.17) is 22.1 Å². The number of nitrogens with zero attached hydrogens (tertiary/aromatic N) is 2. The number of aliphatic hydroxyl groups excluding tert-OH is 1. The highest BCUT2D eigenvalue weighted by Crippen LogP contribution is 2.30. The van der Waals surface area contributed by atoms with E-state index in [1.165, 1.54) is 4.90 Å². The van der Waals surface area contributed by atoms with Gasteiger partial charge in [0, 0.05) is 30.8 Å². The van der Waals surface area contributed by atoms with Crippen LogP contribution in [0.2, 0.25) is 5.02 Å². The van der Waals surface area contributed by atoms with E-state index in [0.717, 1.165) is 46.5 Å². The van der Waals surface area contributed by atoms with Crippen LogP contribution in [-0.4, -0.2) is 70.0 Å². The summed E-state index contributed by atoms with van der Waals surface area (Å²) < 4.78 is 5.92. The summed E-state index contributed by atoms with van der Waals surface area (Å²) in [6, 6.07) is 11.5. The van der Waals surface area contributed by atoms with Crippen LogP contribution < -0.4 is 21.1 Å². The van der Waals surface area contributed by atoms with Crippen LogP contribution in [0.25, 0.3) is 10.4 Å². The zero-order valence-electron chi connectivity index (χ0n) is 32.3. The lowest BCUT2D eigenvalue weighted by atomic mass is 9.85. The number of β-amino-alcohol motifs (C(OH)–C–C–N with tert-alkyl or cyclic N) is 1. The largest absolute Gasteiger partial charge is 0.493 e. The molecule has 1 aliphatic heterocycles. The van der Waals surface area contributed by atoms with Crippen LogP contribution in [0.1, 0.15) is 102 Å². The zero-order chi connectivity index (χ0) is 39.6. The maximum atomic E-state index is 14.0. The number of primary amides is 1. The molecule has 11 nitrogen and oxygen atoms in total. The monoisotopic (exact) mass is 781 g/mol. The Morgan fingerprint density at radius 1 is 1.06 bits per heavy atom. The number of hydrogen-bond donors (Lipinski definition) is 4. The number of thiazole rings is 1. The SMILES string of the molecule is Cc1ncsc1-c1ccc([C@H](C)NC(=O)[C@@H]2C[C@@H](O)CN2C(=O)[C@@H](NC(=O)CCCCCc2cc(Cl)cc(OC[C@@H](C)CCC(N)=O)c2)C(C)(C)C)cc1. The molecule has 1 aliphatic rings. The van der Waals surface area contributed by atoms with Crippen molar-refractivity contribution >= 4 is 46.6 Å². The molecule has 0 spiro atoms. The molecular formula is C41H56ClN5O6S. The lowest BCUT2D eigenvalue weighted by Gasteiger charge is -2.35. The molecule has 294 valence electrons. The maximum absolute atomic E-state index is 14.0. The molecule has 13 heteroatoms. The van der Waals surface area contributed by atoms with Crippen LogP contribution in [0, 0.1) is 18.3 Å². The fourth-order valence-corrected chi connectivity index (χ4v) is 7.66. The van der Waals surface area contributed by atoms with Crippen LogP contribution in [-0.2, 0) is 25.6 Å². The van der Waals surface area contributed by atoms with Gasteiger partial charge < -0.3 is 31.1 Å². The number of aromatic nitrogens is 1. The standard InChI is InChI=1S/C41H56ClN5O6S/c1-25(12-17-35(43)49)23-53-33-19-28(18-31(42)20-33)10-8-7-9-11-36(50)46-38(41(4,5)6)40(52)47-22-32(48)21-34(47)39(51)45-26(2)29-13-15-30(16-14-29)37-27(3)44-24-54-37/h13-16,18-20,24-26,32,34,38,48H,7-12,17,21-23H2,1-6H3,(H2,43,49)(H,45,51)(H,46,50)/t25-,26-,32+,34-,38+/m0/s1. The van der Waals surface area contributed by atoms with E-state index < -0.39 is 23.6 Å². The predicted molar refractivity (Wildman–Crippen MR) is 213 cm³/mol. The fraction of sp³-hybridized carbons (Fsp3) is 0.537. The number of nitrogens with one attached hydrogen (secondary N) is 2. The minimum absolute atomic E-state index is 0.0151. The molecule has 0 aliphatic carbocycles. The summed E-state index contributed by atoms with van der Waals surface area (Å²) in [7, 11) is 0. The number of ether oxygens (including phenoxy) is 1. The third-order valence-corrected chi connectivity index (χ3v) is 11.0. The molecule has 1 saturated heterocycles. The molecular weight excluding hydrogens is 726 g/mol. The van der Waals surface area contributed by atoms with E-state index in [-0.39, 0.29) is 55.0 Å². The van der Waals surface area contributed by atoms with Gasteiger partial charge in [-0.2, -0.15) is 0 Å². The molecule has 0 radical (unpaired) electrons. The summed E-state index contributed by atoms with van der Waals surface area (Å²) in [5.41, 5.74) is 10.4. The first-order valence-corrected chi connectivity index (χ1v) is 20.1. The molecule has 5 N–H and O–H groups in total. The summed E-state index contributed by atoms with van der Waals surface area (Å²) in [6.45, 7) is 12.0. The number of carbonyl (C=O) groups excluding carboxylic acids is 4. The Morgan fingerprint density at radius 3 is 2.43 bits per heavy atom. The number of rotatable bonds is 18. The van der Waals surface area contributed by atoms with Crippen molar-refractivity contribution in [1.82, 2.24) is 20.5 Å². The van der Waals surface area contributed by atoms with Gasteiger partial charge in [0.25, 0.3) is 0 Å². The van der Waals surface area contributed by atoms with Gasteiger partial charge in [0.1, 0.15) is 17.8 Å². The van der Waals surface area contributed by atoms with Gasteiger partial charge in [-0.05, 0) is 85.8 Å². The van der Waals surface area contributed by atoms with Crippen molar-refractivity contribution in [2.45, 2.75) is 117 Å². The number of amides is 4. The van der Waals surface area contributed by atoms with Crippen molar-refractivity contribution in [3.63, 3.8) is 0 Å². The molecule has 3 aromatic rings. The van der Waals surface area contributed by atoms with Crippen LogP contribution in [0.4, 0.5) is 0 Å². The van der Waals surface area contributed by atoms with Crippen molar-refractivity contribution in [1.29, 1.82) is 0 Å². The average molecular weight is 782 g/mol. The molecule has 54 heavy (non-hydrogen) atoms. The van der Waals surface area contributed by atoms with Gasteiger partial charge >= 0.3 is 0 Å². The van der Waals surface area contributed by atoms with Gasteiger partial charge in [0.2, 0.25) is 23.6 Å². The summed E-state index contributed by atoms with van der Waals surface area (Å²) in [5, 5.41) is 17.2. The molecule has 2 heterocycles. The number of aliphatic hydroxyl groups is 1. The average Bonchev–Trinajstić information content (AvgIpc) is 3.72. The normalized spacial score (nSPS) is 17.4. The van der Waals surface area contributed by atoms with Crippen molar-refractivity contribution in [3.05, 3.63) is 69.8 Å². The first kappa shape index (κ1) is 42.7. The van der Waals surface area contributed by atoms with E-state index in [2.05, 4.69) is 15.6 Å². The van der Waals surface area contributed by atoms with Gasteiger partial charge in [-0.3, -0.25) is 19.2 Å². The molecule has 0 bridgehead atoms. The second kappa shape index (κ2) is 19.5. The van der Waals surface area contributed by atoms with E-state index >= 15 is 0 Å². The van der Waals surface area contributed by atoms with Crippen molar-refractivity contribution in [3.8, 4) is 16.2 Å². The minimum Gasteiger partial charge on any atom is -0.493 e. The third kappa shape index (κ3) is 12.5. The Bertz CT molecular complexity index is 1740. The highest BCUT2D eigenvalue weighted by Gasteiger charge is 2.44. The highest BCUT2D eigenvalue weighted by molar-refractivity contribution is 7.13. The highest BCUT2D eigenvalue weighted by atomic mass is 35.5. The molecule has 4 amide bonds. The summed E-state index contributed by atoms with van der Waals surface area (Å²) >= 11 is 7.93. The number of halogens is 1. The van der Waals surface area contributed by atoms with Crippen LogP contribution in [0.3, 0.4) is 0 Å². The first-order chi connectivity index (χ1) is 25.5. The molecule has 4 rings (SSSR count). The smallest absolute Gasteiger partial charge is 0.246 e. The number of carbonyl (C=O) groups is 4. The van der Waals surface area contributed by atoms with Crippen LogP contribution >= 0.6 is 22.9 Å². The van der Waals surface area contributed by atoms with E-state index in [1.807, 2.05) is 83.5 Å². The van der Waals surface area contributed by atoms with Gasteiger partial charge in [-0.25, -0.2) is 4.98 Å².